The first-order valence-corrected chi connectivity index (χ1v) is 13.1. The van der Waals surface area contributed by atoms with Gasteiger partial charge in [-0.25, -0.2) is 13.2 Å². The molecular formula is C24H33ClN2O5S. The molecule has 0 aliphatic heterocycles. The molecular weight excluding hydrogens is 464 g/mol. The average molecular weight is 497 g/mol. The van der Waals surface area contributed by atoms with Crippen molar-refractivity contribution in [3.8, 4) is 0 Å². The fraction of sp³-hybridized carbons (Fsp3) is 0.458. The predicted molar refractivity (Wildman–Crippen MR) is 130 cm³/mol. The number of benzene rings is 2. The zero-order chi connectivity index (χ0) is 24.3. The number of carbonyl (C=O) groups excluding carboxylic acids is 1. The number of amides is 1. The van der Waals surface area contributed by atoms with Crippen LogP contribution in [0.25, 0.3) is 0 Å². The van der Waals surface area contributed by atoms with E-state index in [1.807, 2.05) is 74.5 Å². The van der Waals surface area contributed by atoms with Crippen LogP contribution in [0.4, 0.5) is 4.79 Å². The van der Waals surface area contributed by atoms with Crippen molar-refractivity contribution in [1.29, 1.82) is 0 Å². The number of rotatable bonds is 13. The average Bonchev–Trinajstić information content (AvgIpc) is 2.81. The highest BCUT2D eigenvalue weighted by Gasteiger charge is 2.29. The van der Waals surface area contributed by atoms with Gasteiger partial charge in [-0.15, -0.1) is 11.6 Å². The third-order valence-corrected chi connectivity index (χ3v) is 7.38. The van der Waals surface area contributed by atoms with Gasteiger partial charge in [0.25, 0.3) is 0 Å². The smallest absolute Gasteiger partial charge is 0.407 e. The van der Waals surface area contributed by atoms with Crippen LogP contribution < -0.4 is 5.32 Å². The molecule has 2 N–H and O–H groups in total. The molecule has 0 saturated heterocycles. The Kier molecular flexibility index (Phi) is 11.1. The lowest BCUT2D eigenvalue weighted by Crippen LogP contribution is -2.51. The number of alkyl halides is 1. The molecule has 2 aromatic rings. The van der Waals surface area contributed by atoms with Crippen molar-refractivity contribution in [2.24, 2.45) is 5.92 Å². The van der Waals surface area contributed by atoms with Gasteiger partial charge in [0.2, 0.25) is 10.0 Å². The van der Waals surface area contributed by atoms with Crippen LogP contribution in [-0.2, 0) is 27.8 Å². The molecule has 0 heterocycles. The molecule has 0 radical (unpaired) electrons. The number of ether oxygens (including phenoxy) is 1. The van der Waals surface area contributed by atoms with E-state index in [9.17, 15) is 18.3 Å². The second kappa shape index (κ2) is 13.5. The van der Waals surface area contributed by atoms with E-state index in [0.29, 0.717) is 12.8 Å². The van der Waals surface area contributed by atoms with Crippen LogP contribution in [0.5, 0.6) is 0 Å². The van der Waals surface area contributed by atoms with E-state index in [0.717, 1.165) is 11.1 Å². The minimum absolute atomic E-state index is 0.0853. The van der Waals surface area contributed by atoms with E-state index in [4.69, 9.17) is 16.3 Å². The molecule has 0 aliphatic carbocycles. The summed E-state index contributed by atoms with van der Waals surface area (Å²) in [6.45, 7) is 4.12. The Morgan fingerprint density at radius 2 is 1.64 bits per heavy atom. The molecule has 2 rings (SSSR count). The van der Waals surface area contributed by atoms with Gasteiger partial charge in [0.1, 0.15) is 11.8 Å². The molecule has 9 heteroatoms. The topological polar surface area (TPSA) is 95.9 Å². The molecule has 0 aliphatic rings. The van der Waals surface area contributed by atoms with Crippen LogP contribution in [-0.4, -0.2) is 54.4 Å². The number of hydrogen-bond donors (Lipinski definition) is 2. The first-order valence-electron chi connectivity index (χ1n) is 10.9. The lowest BCUT2D eigenvalue weighted by atomic mass is 10.0. The van der Waals surface area contributed by atoms with Crippen LogP contribution in [0.3, 0.4) is 0 Å². The number of aliphatic hydroxyl groups excluding tert-OH is 1. The SMILES string of the molecule is CC(C)CCN(C[C@@H](O)[C@H](Cc1ccccc1)NC(=O)OCc1ccccc1)S(=O)(=O)CCl. The van der Waals surface area contributed by atoms with Gasteiger partial charge in [-0.1, -0.05) is 74.5 Å². The Balaban J connectivity index is 2.12. The normalized spacial score (nSPS) is 13.6. The van der Waals surface area contributed by atoms with Crippen molar-refractivity contribution in [3.63, 3.8) is 0 Å². The molecule has 2 atom stereocenters. The maximum atomic E-state index is 12.5. The van der Waals surface area contributed by atoms with Crippen LogP contribution in [0.15, 0.2) is 60.7 Å². The van der Waals surface area contributed by atoms with E-state index in [-0.39, 0.29) is 25.6 Å². The van der Waals surface area contributed by atoms with E-state index in [1.54, 1.807) is 0 Å². The largest absolute Gasteiger partial charge is 0.445 e. The highest BCUT2D eigenvalue weighted by Crippen LogP contribution is 2.14. The molecule has 33 heavy (non-hydrogen) atoms. The highest BCUT2D eigenvalue weighted by molar-refractivity contribution is 7.90. The van der Waals surface area contributed by atoms with Gasteiger partial charge in [-0.05, 0) is 29.9 Å². The van der Waals surface area contributed by atoms with Gasteiger partial charge in [0.15, 0.2) is 0 Å². The van der Waals surface area contributed by atoms with E-state index in [1.165, 1.54) is 4.31 Å². The fourth-order valence-corrected chi connectivity index (χ4v) is 4.53. The highest BCUT2D eigenvalue weighted by atomic mass is 35.5. The van der Waals surface area contributed by atoms with Gasteiger partial charge in [-0.2, -0.15) is 4.31 Å². The summed E-state index contributed by atoms with van der Waals surface area (Å²) in [6, 6.07) is 17.8. The third-order valence-electron chi connectivity index (χ3n) is 5.16. The minimum atomic E-state index is -3.74. The molecule has 0 fully saturated rings. The number of hydrogen-bond acceptors (Lipinski definition) is 5. The van der Waals surface area contributed by atoms with Crippen molar-refractivity contribution in [2.45, 2.75) is 45.4 Å². The third kappa shape index (κ3) is 9.71. The van der Waals surface area contributed by atoms with Gasteiger partial charge in [0, 0.05) is 13.1 Å². The van der Waals surface area contributed by atoms with Gasteiger partial charge in [0.05, 0.1) is 12.1 Å². The van der Waals surface area contributed by atoms with Gasteiger partial charge in [-0.3, -0.25) is 0 Å². The van der Waals surface area contributed by atoms with Gasteiger partial charge < -0.3 is 15.2 Å². The summed E-state index contributed by atoms with van der Waals surface area (Å²) < 4.78 is 31.5. The Bertz CT molecular complexity index is 942. The second-order valence-electron chi connectivity index (χ2n) is 8.33. The lowest BCUT2D eigenvalue weighted by molar-refractivity contribution is 0.0884. The summed E-state index contributed by atoms with van der Waals surface area (Å²) in [6.07, 6.45) is -0.924. The molecule has 0 aromatic heterocycles. The number of nitrogens with one attached hydrogen (secondary N) is 1. The standard InChI is InChI=1S/C24H33ClN2O5S/c1-19(2)13-14-27(33(30,31)18-25)16-23(28)22(15-20-9-5-3-6-10-20)26-24(29)32-17-21-11-7-4-8-12-21/h3-12,19,22-23,28H,13-18H2,1-2H3,(H,26,29)/t22-,23+/m0/s1. The van der Waals surface area contributed by atoms with Crippen LogP contribution in [0.2, 0.25) is 0 Å². The van der Waals surface area contributed by atoms with Gasteiger partial charge >= 0.3 is 6.09 Å². The first-order chi connectivity index (χ1) is 15.7. The van der Waals surface area contributed by atoms with Crippen LogP contribution >= 0.6 is 11.6 Å². The molecule has 0 bridgehead atoms. The number of halogens is 1. The monoisotopic (exact) mass is 496 g/mol. The minimum Gasteiger partial charge on any atom is -0.445 e. The maximum absolute atomic E-state index is 12.5. The van der Waals surface area contributed by atoms with Crippen molar-refractivity contribution in [3.05, 3.63) is 71.8 Å². The quantitative estimate of drug-likeness (QED) is 0.412. The maximum Gasteiger partial charge on any atom is 0.407 e. The van der Waals surface area contributed by atoms with Crippen molar-refractivity contribution in [1.82, 2.24) is 9.62 Å². The Hall–Kier alpha value is -2.13. The summed E-state index contributed by atoms with van der Waals surface area (Å²) in [5.41, 5.74) is 1.72. The molecule has 0 unspecified atom stereocenters. The summed E-state index contributed by atoms with van der Waals surface area (Å²) in [5.74, 6) is 0.279. The zero-order valence-electron chi connectivity index (χ0n) is 19.1. The van der Waals surface area contributed by atoms with E-state index < -0.39 is 33.5 Å². The fourth-order valence-electron chi connectivity index (χ4n) is 3.22. The van der Waals surface area contributed by atoms with Crippen molar-refractivity contribution in [2.75, 3.05) is 18.3 Å². The number of alkyl carbamates (subject to hydrolysis) is 1. The summed E-state index contributed by atoms with van der Waals surface area (Å²) in [7, 11) is -3.74. The predicted octanol–water partition coefficient (Wildman–Crippen LogP) is 3.76. The molecule has 1 amide bonds. The Morgan fingerprint density at radius 1 is 1.06 bits per heavy atom. The second-order valence-corrected chi connectivity index (χ2v) is 10.9. The zero-order valence-corrected chi connectivity index (χ0v) is 20.6. The molecule has 0 spiro atoms. The Morgan fingerprint density at radius 3 is 2.18 bits per heavy atom. The number of aliphatic hydroxyl groups is 1. The summed E-state index contributed by atoms with van der Waals surface area (Å²) >= 11 is 5.68. The number of sulfonamides is 1. The van der Waals surface area contributed by atoms with Crippen LogP contribution in [0.1, 0.15) is 31.4 Å². The van der Waals surface area contributed by atoms with Crippen LogP contribution in [0, 0.1) is 5.92 Å². The number of nitrogens with zero attached hydrogens (tertiary/aromatic N) is 1. The van der Waals surface area contributed by atoms with E-state index >= 15 is 0 Å². The first kappa shape index (κ1) is 27.1. The Labute approximate surface area is 201 Å². The van der Waals surface area contributed by atoms with Crippen molar-refractivity contribution < 1.29 is 23.1 Å². The lowest BCUT2D eigenvalue weighted by Gasteiger charge is -2.29. The molecule has 182 valence electrons. The molecule has 2 aromatic carbocycles. The number of carbonyl (C=O) groups is 1. The summed E-state index contributed by atoms with van der Waals surface area (Å²) in [4.78, 5) is 12.5. The van der Waals surface area contributed by atoms with Crippen molar-refractivity contribution >= 4 is 27.7 Å². The molecule has 0 saturated carbocycles. The summed E-state index contributed by atoms with van der Waals surface area (Å²) in [5, 5.41) is 13.1. The molecule has 7 nitrogen and oxygen atoms in total. The van der Waals surface area contributed by atoms with E-state index in [2.05, 4.69) is 5.32 Å².